The molecule has 4 heteroatoms. The van der Waals surface area contributed by atoms with Gasteiger partial charge in [-0.15, -0.1) is 11.3 Å². The van der Waals surface area contributed by atoms with Gasteiger partial charge in [0.05, 0.1) is 17.0 Å². The summed E-state index contributed by atoms with van der Waals surface area (Å²) in [6.07, 6.45) is 3.74. The van der Waals surface area contributed by atoms with Crippen LogP contribution in [0.2, 0.25) is 0 Å². The van der Waals surface area contributed by atoms with Gasteiger partial charge in [0.1, 0.15) is 5.75 Å². The molecule has 0 saturated carbocycles. The summed E-state index contributed by atoms with van der Waals surface area (Å²) in [5.41, 5.74) is 7.97. The number of ether oxygens (including phenoxy) is 1. The largest absolute Gasteiger partial charge is 0.496 e. The Morgan fingerprint density at radius 1 is 1.39 bits per heavy atom. The highest BCUT2D eigenvalue weighted by Crippen LogP contribution is 2.30. The van der Waals surface area contributed by atoms with Crippen molar-refractivity contribution in [1.82, 2.24) is 4.98 Å². The maximum absolute atomic E-state index is 5.54. The molecule has 18 heavy (non-hydrogen) atoms. The average Bonchev–Trinajstić information content (AvgIpc) is 2.87. The van der Waals surface area contributed by atoms with Crippen LogP contribution in [0.4, 0.5) is 0 Å². The third-order valence-corrected chi connectivity index (χ3v) is 3.96. The molecule has 0 saturated heterocycles. The first kappa shape index (κ1) is 13.1. The van der Waals surface area contributed by atoms with E-state index >= 15 is 0 Å². The highest BCUT2D eigenvalue weighted by molar-refractivity contribution is 7.15. The number of nitrogens with two attached hydrogens (primary N) is 1. The van der Waals surface area contributed by atoms with E-state index in [0.717, 1.165) is 23.6 Å². The number of thiazole rings is 1. The molecule has 3 nitrogen and oxygen atoms in total. The van der Waals surface area contributed by atoms with Crippen LogP contribution in [0.1, 0.15) is 17.5 Å². The topological polar surface area (TPSA) is 48.1 Å². The fourth-order valence-electron chi connectivity index (χ4n) is 1.89. The maximum Gasteiger partial charge on any atom is 0.122 e. The van der Waals surface area contributed by atoms with Gasteiger partial charge in [-0.05, 0) is 42.3 Å². The van der Waals surface area contributed by atoms with E-state index in [0.29, 0.717) is 6.54 Å². The lowest BCUT2D eigenvalue weighted by atomic mass is 10.1. The van der Waals surface area contributed by atoms with Gasteiger partial charge in [-0.25, -0.2) is 4.98 Å². The Kier molecular flexibility index (Phi) is 4.33. The minimum absolute atomic E-state index is 0.649. The van der Waals surface area contributed by atoms with Gasteiger partial charge < -0.3 is 10.5 Å². The Morgan fingerprint density at radius 3 is 2.89 bits per heavy atom. The Balaban J connectivity index is 2.31. The van der Waals surface area contributed by atoms with Crippen molar-refractivity contribution >= 4 is 11.3 Å². The number of nitrogens with zero attached hydrogens (tertiary/aromatic N) is 1. The molecule has 0 aliphatic heterocycles. The number of hydrogen-bond acceptors (Lipinski definition) is 4. The van der Waals surface area contributed by atoms with Gasteiger partial charge in [0.15, 0.2) is 0 Å². The van der Waals surface area contributed by atoms with E-state index in [1.165, 1.54) is 16.0 Å². The number of aryl methyl sites for hydroxylation is 1. The van der Waals surface area contributed by atoms with Crippen molar-refractivity contribution in [3.8, 4) is 16.2 Å². The average molecular weight is 262 g/mol. The van der Waals surface area contributed by atoms with Crippen LogP contribution in [-0.2, 0) is 12.8 Å². The highest BCUT2D eigenvalue weighted by Gasteiger charge is 2.07. The van der Waals surface area contributed by atoms with Gasteiger partial charge in [0, 0.05) is 12.6 Å². The first-order valence-electron chi connectivity index (χ1n) is 6.10. The molecule has 1 aromatic heterocycles. The van der Waals surface area contributed by atoms with Crippen molar-refractivity contribution in [2.24, 2.45) is 5.73 Å². The molecule has 2 rings (SSSR count). The molecule has 0 bridgehead atoms. The second kappa shape index (κ2) is 5.98. The van der Waals surface area contributed by atoms with E-state index < -0.39 is 0 Å². The molecule has 0 atom stereocenters. The van der Waals surface area contributed by atoms with Crippen LogP contribution in [0.15, 0.2) is 24.4 Å². The van der Waals surface area contributed by atoms with Gasteiger partial charge in [-0.1, -0.05) is 6.92 Å². The molecular formula is C14H18N2OS. The van der Waals surface area contributed by atoms with Crippen molar-refractivity contribution in [3.05, 3.63) is 35.0 Å². The van der Waals surface area contributed by atoms with Crippen molar-refractivity contribution < 1.29 is 4.74 Å². The van der Waals surface area contributed by atoms with E-state index in [2.05, 4.69) is 24.0 Å². The minimum atomic E-state index is 0.649. The second-order valence-electron chi connectivity index (χ2n) is 4.04. The van der Waals surface area contributed by atoms with Crippen molar-refractivity contribution in [3.63, 3.8) is 0 Å². The number of methoxy groups -OCH3 is 1. The summed E-state index contributed by atoms with van der Waals surface area (Å²) in [6, 6.07) is 6.28. The van der Waals surface area contributed by atoms with Gasteiger partial charge in [-0.2, -0.15) is 0 Å². The molecule has 2 N–H and O–H groups in total. The summed E-state index contributed by atoms with van der Waals surface area (Å²) in [5, 5.41) is 1.10. The molecule has 0 radical (unpaired) electrons. The highest BCUT2D eigenvalue weighted by atomic mass is 32.1. The van der Waals surface area contributed by atoms with Crippen LogP contribution in [0.3, 0.4) is 0 Å². The molecule has 0 fully saturated rings. The summed E-state index contributed by atoms with van der Waals surface area (Å²) < 4.78 is 5.34. The van der Waals surface area contributed by atoms with Crippen LogP contribution in [0, 0.1) is 0 Å². The fourth-order valence-corrected chi connectivity index (χ4v) is 2.82. The summed E-state index contributed by atoms with van der Waals surface area (Å²) >= 11 is 1.71. The molecular weight excluding hydrogens is 244 g/mol. The van der Waals surface area contributed by atoms with Crippen LogP contribution in [0.25, 0.3) is 10.4 Å². The number of aromatic nitrogens is 1. The number of benzene rings is 1. The molecule has 0 spiro atoms. The molecule has 1 aromatic carbocycles. The lowest BCUT2D eigenvalue weighted by Crippen LogP contribution is -2.01. The summed E-state index contributed by atoms with van der Waals surface area (Å²) in [6.45, 7) is 2.78. The monoisotopic (exact) mass is 262 g/mol. The molecule has 1 heterocycles. The quantitative estimate of drug-likeness (QED) is 0.901. The smallest absolute Gasteiger partial charge is 0.122 e. The van der Waals surface area contributed by atoms with E-state index in [1.54, 1.807) is 18.4 Å². The van der Waals surface area contributed by atoms with Crippen LogP contribution in [0.5, 0.6) is 5.75 Å². The van der Waals surface area contributed by atoms with Crippen molar-refractivity contribution in [2.75, 3.05) is 13.7 Å². The molecule has 2 aromatic rings. The van der Waals surface area contributed by atoms with Crippen LogP contribution < -0.4 is 10.5 Å². The standard InChI is InChI=1S/C14H18N2OS/c1-3-10-8-11(4-5-12(10)17-2)13-9-16-14(18-13)6-7-15/h4-5,8-9H,3,6-7,15H2,1-2H3. The summed E-state index contributed by atoms with van der Waals surface area (Å²) in [7, 11) is 1.71. The van der Waals surface area contributed by atoms with Crippen LogP contribution in [-0.4, -0.2) is 18.6 Å². The SMILES string of the molecule is CCc1cc(-c2cnc(CCN)s2)ccc1OC. The zero-order valence-corrected chi connectivity index (χ0v) is 11.6. The molecule has 0 unspecified atom stereocenters. The Hall–Kier alpha value is -1.39. The van der Waals surface area contributed by atoms with E-state index in [1.807, 2.05) is 12.3 Å². The lowest BCUT2D eigenvalue weighted by Gasteiger charge is -2.07. The first-order chi connectivity index (χ1) is 8.78. The maximum atomic E-state index is 5.54. The number of hydrogen-bond donors (Lipinski definition) is 1. The summed E-state index contributed by atoms with van der Waals surface area (Å²) in [4.78, 5) is 5.58. The van der Waals surface area contributed by atoms with Gasteiger partial charge in [-0.3, -0.25) is 0 Å². The van der Waals surface area contributed by atoms with E-state index in [4.69, 9.17) is 10.5 Å². The predicted molar refractivity (Wildman–Crippen MR) is 76.2 cm³/mol. The first-order valence-corrected chi connectivity index (χ1v) is 6.92. The van der Waals surface area contributed by atoms with Crippen molar-refractivity contribution in [2.45, 2.75) is 19.8 Å². The zero-order valence-electron chi connectivity index (χ0n) is 10.8. The Morgan fingerprint density at radius 2 is 2.22 bits per heavy atom. The molecule has 0 amide bonds. The van der Waals surface area contributed by atoms with Crippen molar-refractivity contribution in [1.29, 1.82) is 0 Å². The van der Waals surface area contributed by atoms with Gasteiger partial charge in [0.25, 0.3) is 0 Å². The lowest BCUT2D eigenvalue weighted by molar-refractivity contribution is 0.410. The predicted octanol–water partition coefficient (Wildman–Crippen LogP) is 2.88. The third kappa shape index (κ3) is 2.71. The van der Waals surface area contributed by atoms with Crippen LogP contribution >= 0.6 is 11.3 Å². The molecule has 96 valence electrons. The normalized spacial score (nSPS) is 10.6. The zero-order chi connectivity index (χ0) is 13.0. The molecule has 0 aliphatic carbocycles. The van der Waals surface area contributed by atoms with E-state index in [-0.39, 0.29) is 0 Å². The summed E-state index contributed by atoms with van der Waals surface area (Å²) in [5.74, 6) is 0.952. The minimum Gasteiger partial charge on any atom is -0.496 e. The number of rotatable bonds is 5. The molecule has 0 aliphatic rings. The Labute approximate surface area is 112 Å². The third-order valence-electron chi connectivity index (χ3n) is 2.86. The fraction of sp³-hybridized carbons (Fsp3) is 0.357. The van der Waals surface area contributed by atoms with E-state index in [9.17, 15) is 0 Å². The second-order valence-corrected chi connectivity index (χ2v) is 5.15. The Bertz CT molecular complexity index is 522. The van der Waals surface area contributed by atoms with Gasteiger partial charge in [0.2, 0.25) is 0 Å². The van der Waals surface area contributed by atoms with Gasteiger partial charge >= 0.3 is 0 Å².